The molecule has 0 aliphatic carbocycles. The summed E-state index contributed by atoms with van der Waals surface area (Å²) in [5.74, 6) is 0.783. The molecule has 2 amide bonds. The summed E-state index contributed by atoms with van der Waals surface area (Å²) in [5, 5.41) is 5.49. The molecule has 2 saturated heterocycles. The van der Waals surface area contributed by atoms with Crippen LogP contribution >= 0.6 is 15.9 Å². The Hall–Kier alpha value is -2.51. The zero-order valence-corrected chi connectivity index (χ0v) is 21.8. The van der Waals surface area contributed by atoms with Crippen molar-refractivity contribution >= 4 is 27.6 Å². The van der Waals surface area contributed by atoms with Crippen LogP contribution in [0.4, 0.5) is 36.8 Å². The second-order valence-corrected chi connectivity index (χ2v) is 10.2. The van der Waals surface area contributed by atoms with E-state index in [4.69, 9.17) is 4.74 Å². The fraction of sp³-hybridized carbons (Fsp3) is 0.480. The van der Waals surface area contributed by atoms with Crippen LogP contribution in [0.5, 0.6) is 5.75 Å². The largest absolute Gasteiger partial charge is 0.489 e. The summed E-state index contributed by atoms with van der Waals surface area (Å²) in [6.45, 7) is 4.01. The highest BCUT2D eigenvalue weighted by molar-refractivity contribution is 9.10. The first-order valence-electron chi connectivity index (χ1n) is 12.1. The first-order valence-corrected chi connectivity index (χ1v) is 12.9. The lowest BCUT2D eigenvalue weighted by Crippen LogP contribution is -2.49. The van der Waals surface area contributed by atoms with Crippen molar-refractivity contribution in [3.05, 3.63) is 57.6 Å². The van der Waals surface area contributed by atoms with Crippen LogP contribution < -0.4 is 15.4 Å². The van der Waals surface area contributed by atoms with Gasteiger partial charge in [0.1, 0.15) is 11.9 Å². The lowest BCUT2D eigenvalue weighted by Gasteiger charge is -2.34. The van der Waals surface area contributed by atoms with Gasteiger partial charge in [-0.25, -0.2) is 4.79 Å². The highest BCUT2D eigenvalue weighted by Gasteiger charge is 2.37. The molecule has 2 aliphatic heterocycles. The van der Waals surface area contributed by atoms with Crippen LogP contribution in [0.3, 0.4) is 0 Å². The van der Waals surface area contributed by atoms with Crippen molar-refractivity contribution in [2.75, 3.05) is 44.6 Å². The number of urea groups is 1. The Kier molecular flexibility index (Phi) is 8.78. The summed E-state index contributed by atoms with van der Waals surface area (Å²) < 4.78 is 85.5. The fourth-order valence-electron chi connectivity index (χ4n) is 4.43. The minimum atomic E-state index is -4.99. The van der Waals surface area contributed by atoms with Crippen molar-refractivity contribution in [1.82, 2.24) is 15.1 Å². The van der Waals surface area contributed by atoms with Gasteiger partial charge in [-0.1, -0.05) is 6.07 Å². The quantitative estimate of drug-likeness (QED) is 0.411. The zero-order chi connectivity index (χ0) is 27.5. The maximum absolute atomic E-state index is 13.1. The molecular weight excluding hydrogens is 582 g/mol. The number of amides is 2. The Morgan fingerprint density at radius 3 is 2.11 bits per heavy atom. The highest BCUT2D eigenvalue weighted by Crippen LogP contribution is 2.37. The van der Waals surface area contributed by atoms with Gasteiger partial charge in [-0.2, -0.15) is 26.3 Å². The maximum Gasteiger partial charge on any atom is 0.416 e. The van der Waals surface area contributed by atoms with E-state index in [0.29, 0.717) is 31.8 Å². The molecule has 208 valence electrons. The van der Waals surface area contributed by atoms with Crippen molar-refractivity contribution in [2.45, 2.75) is 37.8 Å². The number of piperazine rings is 1. The van der Waals surface area contributed by atoms with Gasteiger partial charge >= 0.3 is 18.4 Å². The molecule has 4 rings (SSSR count). The molecule has 2 aromatic carbocycles. The van der Waals surface area contributed by atoms with Gasteiger partial charge in [-0.15, -0.1) is 0 Å². The number of rotatable bonds is 5. The number of ether oxygens (including phenoxy) is 1. The summed E-state index contributed by atoms with van der Waals surface area (Å²) in [7, 11) is 0. The number of carbonyl (C=O) groups is 1. The van der Waals surface area contributed by atoms with Gasteiger partial charge in [0.15, 0.2) is 0 Å². The molecule has 2 heterocycles. The SMILES string of the molecule is O=C(Nc1cc(C(F)(F)F)cc(C(F)(F)F)c1)N1CCN(Cc2ccc(OC3CCNCC3)c(Br)c2)CC1. The van der Waals surface area contributed by atoms with Gasteiger partial charge in [0.2, 0.25) is 0 Å². The Bertz CT molecular complexity index is 1100. The average Bonchev–Trinajstić information content (AvgIpc) is 2.85. The summed E-state index contributed by atoms with van der Waals surface area (Å²) in [4.78, 5) is 16.1. The number of nitrogens with one attached hydrogen (secondary N) is 2. The van der Waals surface area contributed by atoms with Crippen LogP contribution in [0.1, 0.15) is 29.5 Å². The molecule has 0 saturated carbocycles. The number of carbonyl (C=O) groups excluding carboxylic acids is 1. The summed E-state index contributed by atoms with van der Waals surface area (Å²) in [6, 6.07) is 6.17. The van der Waals surface area contributed by atoms with Crippen LogP contribution in [-0.2, 0) is 18.9 Å². The average molecular weight is 609 g/mol. The normalized spacial score (nSPS) is 17.9. The van der Waals surface area contributed by atoms with E-state index in [1.165, 1.54) is 4.90 Å². The molecule has 2 aliphatic rings. The third-order valence-corrected chi connectivity index (χ3v) is 7.10. The molecule has 2 aromatic rings. The van der Waals surface area contributed by atoms with Crippen LogP contribution in [0.25, 0.3) is 0 Å². The van der Waals surface area contributed by atoms with E-state index in [-0.39, 0.29) is 25.3 Å². The summed E-state index contributed by atoms with van der Waals surface area (Å²) >= 11 is 3.57. The molecule has 0 atom stereocenters. The van der Waals surface area contributed by atoms with E-state index in [2.05, 4.69) is 31.5 Å². The van der Waals surface area contributed by atoms with Crippen LogP contribution in [0.2, 0.25) is 0 Å². The topological polar surface area (TPSA) is 56.8 Å². The van der Waals surface area contributed by atoms with E-state index < -0.39 is 35.2 Å². The maximum atomic E-state index is 13.1. The third kappa shape index (κ3) is 7.54. The van der Waals surface area contributed by atoms with Crippen molar-refractivity contribution in [1.29, 1.82) is 0 Å². The number of benzene rings is 2. The molecule has 2 N–H and O–H groups in total. The monoisotopic (exact) mass is 608 g/mol. The number of hydrogen-bond acceptors (Lipinski definition) is 4. The first kappa shape index (κ1) is 28.5. The number of halogens is 7. The fourth-order valence-corrected chi connectivity index (χ4v) is 4.95. The number of hydrogen-bond donors (Lipinski definition) is 2. The Morgan fingerprint density at radius 1 is 0.947 bits per heavy atom. The predicted molar refractivity (Wildman–Crippen MR) is 133 cm³/mol. The van der Waals surface area contributed by atoms with Crippen LogP contribution in [0, 0.1) is 0 Å². The van der Waals surface area contributed by atoms with Gasteiger partial charge in [0.05, 0.1) is 15.6 Å². The standard InChI is InChI=1S/C25H27BrF6N4O2/c26-21-11-16(1-2-22(21)38-20-3-5-33-6-4-20)15-35-7-9-36(10-8-35)23(37)34-19-13-17(24(27,28)29)12-18(14-19)25(30,31)32/h1-2,11-14,20,33H,3-10,15H2,(H,34,37). The molecule has 6 nitrogen and oxygen atoms in total. The highest BCUT2D eigenvalue weighted by atomic mass is 79.9. The lowest BCUT2D eigenvalue weighted by atomic mass is 10.1. The Morgan fingerprint density at radius 2 is 1.55 bits per heavy atom. The third-order valence-electron chi connectivity index (χ3n) is 6.48. The minimum absolute atomic E-state index is 0.0267. The molecule has 2 fully saturated rings. The van der Waals surface area contributed by atoms with E-state index in [1.54, 1.807) is 0 Å². The summed E-state index contributed by atoms with van der Waals surface area (Å²) in [6.07, 6.45) is -7.90. The number of piperidine rings is 1. The second kappa shape index (κ2) is 11.7. The number of alkyl halides is 6. The van der Waals surface area contributed by atoms with E-state index in [9.17, 15) is 31.1 Å². The Labute approximate surface area is 224 Å². The first-order chi connectivity index (χ1) is 17.9. The second-order valence-electron chi connectivity index (χ2n) is 9.32. The number of nitrogens with zero attached hydrogens (tertiary/aromatic N) is 2. The molecule has 0 radical (unpaired) electrons. The molecule has 0 spiro atoms. The van der Waals surface area contributed by atoms with Gasteiger partial charge in [-0.05, 0) is 77.8 Å². The number of anilines is 1. The molecule has 38 heavy (non-hydrogen) atoms. The molecule has 0 bridgehead atoms. The van der Waals surface area contributed by atoms with Crippen LogP contribution in [0.15, 0.2) is 40.9 Å². The van der Waals surface area contributed by atoms with E-state index >= 15 is 0 Å². The molecule has 0 unspecified atom stereocenters. The van der Waals surface area contributed by atoms with Crippen molar-refractivity contribution < 1.29 is 35.9 Å². The molecule has 0 aromatic heterocycles. The van der Waals surface area contributed by atoms with Crippen molar-refractivity contribution in [2.24, 2.45) is 0 Å². The van der Waals surface area contributed by atoms with Gasteiger partial charge < -0.3 is 20.3 Å². The predicted octanol–water partition coefficient (Wildman–Crippen LogP) is 5.97. The smallest absolute Gasteiger partial charge is 0.416 e. The van der Waals surface area contributed by atoms with Crippen molar-refractivity contribution in [3.63, 3.8) is 0 Å². The van der Waals surface area contributed by atoms with Crippen molar-refractivity contribution in [3.8, 4) is 5.75 Å². The van der Waals surface area contributed by atoms with Crippen LogP contribution in [-0.4, -0.2) is 61.2 Å². The minimum Gasteiger partial charge on any atom is -0.489 e. The molecular formula is C25H27BrF6N4O2. The Balaban J connectivity index is 1.32. The van der Waals surface area contributed by atoms with E-state index in [1.807, 2.05) is 18.2 Å². The van der Waals surface area contributed by atoms with Gasteiger partial charge in [0, 0.05) is 38.4 Å². The van der Waals surface area contributed by atoms with Gasteiger partial charge in [0.25, 0.3) is 0 Å². The zero-order valence-electron chi connectivity index (χ0n) is 20.3. The lowest BCUT2D eigenvalue weighted by molar-refractivity contribution is -0.143. The van der Waals surface area contributed by atoms with Gasteiger partial charge in [-0.3, -0.25) is 4.90 Å². The summed E-state index contributed by atoms with van der Waals surface area (Å²) in [5.41, 5.74) is -2.48. The molecule has 13 heteroatoms. The van der Waals surface area contributed by atoms with E-state index in [0.717, 1.165) is 41.7 Å².